The van der Waals surface area contributed by atoms with Gasteiger partial charge in [0.2, 0.25) is 0 Å². The number of rotatable bonds is 5. The number of carbonyl (C=O) groups excluding carboxylic acids is 1. The van der Waals surface area contributed by atoms with Gasteiger partial charge in [0.1, 0.15) is 23.3 Å². The van der Waals surface area contributed by atoms with Crippen molar-refractivity contribution in [2.45, 2.75) is 0 Å². The Morgan fingerprint density at radius 2 is 1.13 bits per heavy atom. The number of nitrogens with zero attached hydrogens (tertiary/aromatic N) is 3. The molecular weight excluding hydrogens is 587 g/mol. The monoisotopic (exact) mass is 602 g/mol. The molecule has 0 amide bonds. The van der Waals surface area contributed by atoms with E-state index in [4.69, 9.17) is 0 Å². The molecule has 5 nitrogen and oxygen atoms in total. The van der Waals surface area contributed by atoms with Crippen molar-refractivity contribution in [2.75, 3.05) is 0 Å². The number of hydrogen-bond donors (Lipinski definition) is 0. The average Bonchev–Trinajstić information content (AvgIpc) is 2.88. The summed E-state index contributed by atoms with van der Waals surface area (Å²) in [5.41, 5.74) is -1.56. The maximum Gasteiger partial charge on any atom is 3.00 e. The van der Waals surface area contributed by atoms with E-state index < -0.39 is 34.9 Å². The summed E-state index contributed by atoms with van der Waals surface area (Å²) in [4.78, 5) is 24.3. The van der Waals surface area contributed by atoms with E-state index in [0.29, 0.717) is 12.1 Å². The van der Waals surface area contributed by atoms with Gasteiger partial charge in [0, 0.05) is 47.4 Å². The Hall–Kier alpha value is -4.30. The molecule has 0 atom stereocenters. The zero-order chi connectivity index (χ0) is 26.1. The Bertz CT molecular complexity index is 1650. The van der Waals surface area contributed by atoms with Gasteiger partial charge in [0.25, 0.3) is 0 Å². The number of aromatic nitrogens is 3. The molecule has 0 saturated carbocycles. The SMILES string of the molecule is O=C([O-])c1nccc(-c2cc(F)cc(F)c2-c2ccccn2)c1-c1cc(F)cc(F)c1-c1ccccn1.[Ru+3]. The molecule has 0 aliphatic carbocycles. The summed E-state index contributed by atoms with van der Waals surface area (Å²) in [5.74, 6) is -5.73. The third-order valence-electron chi connectivity index (χ3n) is 5.66. The third kappa shape index (κ3) is 4.95. The zero-order valence-corrected chi connectivity index (χ0v) is 20.8. The van der Waals surface area contributed by atoms with Crippen molar-refractivity contribution < 1.29 is 46.9 Å². The molecule has 0 bridgehead atoms. The number of carboxylic acids is 1. The Labute approximate surface area is 226 Å². The molecule has 38 heavy (non-hydrogen) atoms. The van der Waals surface area contributed by atoms with Gasteiger partial charge in [0.05, 0.1) is 23.1 Å². The van der Waals surface area contributed by atoms with Gasteiger partial charge < -0.3 is 9.90 Å². The van der Waals surface area contributed by atoms with E-state index >= 15 is 8.78 Å². The first-order valence-corrected chi connectivity index (χ1v) is 10.9. The molecule has 3 aromatic heterocycles. The predicted octanol–water partition coefficient (Wildman–Crippen LogP) is 5.46. The second-order valence-corrected chi connectivity index (χ2v) is 7.92. The molecule has 5 aromatic rings. The van der Waals surface area contributed by atoms with Crippen LogP contribution in [0.3, 0.4) is 0 Å². The van der Waals surface area contributed by atoms with E-state index in [1.165, 1.54) is 30.6 Å². The summed E-state index contributed by atoms with van der Waals surface area (Å²) in [6.45, 7) is 0. The van der Waals surface area contributed by atoms with E-state index in [1.54, 1.807) is 24.3 Å². The minimum absolute atomic E-state index is 0. The standard InChI is InChI=1S/C28H15F4N3O2.Ru/c29-15-11-18(25(20(31)13-15)22-5-1-3-8-33-22)17-7-10-35-27(28(36)37)24(17)19-12-16(30)14-21(32)26(19)23-6-2-4-9-34-23;/h1-14H,(H,36,37);/q;+3/p-1. The van der Waals surface area contributed by atoms with Crippen molar-refractivity contribution >= 4 is 5.97 Å². The fourth-order valence-electron chi connectivity index (χ4n) is 4.21. The molecule has 1 radical (unpaired) electrons. The summed E-state index contributed by atoms with van der Waals surface area (Å²) in [5, 5.41) is 12.1. The number of aromatic carboxylic acids is 1. The van der Waals surface area contributed by atoms with Crippen molar-refractivity contribution in [3.8, 4) is 44.8 Å². The first-order valence-electron chi connectivity index (χ1n) is 10.9. The van der Waals surface area contributed by atoms with Crippen molar-refractivity contribution in [3.05, 3.63) is 114 Å². The van der Waals surface area contributed by atoms with E-state index in [2.05, 4.69) is 15.0 Å². The topological polar surface area (TPSA) is 78.8 Å². The maximum absolute atomic E-state index is 15.2. The molecule has 0 saturated heterocycles. The first-order chi connectivity index (χ1) is 17.8. The molecule has 0 fully saturated rings. The minimum atomic E-state index is -1.76. The number of hydrogen-bond acceptors (Lipinski definition) is 5. The Morgan fingerprint density at radius 3 is 1.63 bits per heavy atom. The summed E-state index contributed by atoms with van der Waals surface area (Å²) in [7, 11) is 0. The van der Waals surface area contributed by atoms with Gasteiger partial charge in [0.15, 0.2) is 0 Å². The Kier molecular flexibility index (Phi) is 7.73. The number of benzene rings is 2. The zero-order valence-electron chi connectivity index (χ0n) is 19.1. The van der Waals surface area contributed by atoms with Crippen LogP contribution in [0.4, 0.5) is 17.6 Å². The second kappa shape index (κ2) is 11.0. The molecule has 187 valence electrons. The molecule has 0 N–H and O–H groups in total. The summed E-state index contributed by atoms with van der Waals surface area (Å²) >= 11 is 0. The van der Waals surface area contributed by atoms with Gasteiger partial charge in [-0.3, -0.25) is 15.0 Å². The van der Waals surface area contributed by atoms with E-state index in [0.717, 1.165) is 18.3 Å². The summed E-state index contributed by atoms with van der Waals surface area (Å²) in [6.07, 6.45) is 3.89. The quantitative estimate of drug-likeness (QED) is 0.198. The van der Waals surface area contributed by atoms with Crippen LogP contribution in [-0.2, 0) is 19.5 Å². The predicted molar refractivity (Wildman–Crippen MR) is 126 cm³/mol. The molecule has 10 heteroatoms. The van der Waals surface area contributed by atoms with Gasteiger partial charge in [-0.25, -0.2) is 17.6 Å². The maximum atomic E-state index is 15.2. The smallest absolute Gasteiger partial charge is 0.543 e. The van der Waals surface area contributed by atoms with Crippen LogP contribution in [0.2, 0.25) is 0 Å². The van der Waals surface area contributed by atoms with Crippen LogP contribution in [0.1, 0.15) is 10.5 Å². The van der Waals surface area contributed by atoms with Crippen LogP contribution in [0.25, 0.3) is 44.8 Å². The second-order valence-electron chi connectivity index (χ2n) is 7.92. The van der Waals surface area contributed by atoms with Gasteiger partial charge >= 0.3 is 19.5 Å². The molecule has 0 aliphatic heterocycles. The van der Waals surface area contributed by atoms with E-state index in [1.807, 2.05) is 0 Å². The van der Waals surface area contributed by atoms with Crippen LogP contribution in [0, 0.1) is 23.3 Å². The van der Waals surface area contributed by atoms with Crippen LogP contribution < -0.4 is 5.11 Å². The van der Waals surface area contributed by atoms with Crippen molar-refractivity contribution in [1.82, 2.24) is 15.0 Å². The van der Waals surface area contributed by atoms with E-state index in [9.17, 15) is 18.7 Å². The number of carbonyl (C=O) groups is 1. The summed E-state index contributed by atoms with van der Waals surface area (Å²) < 4.78 is 59.5. The van der Waals surface area contributed by atoms with E-state index in [-0.39, 0.29) is 64.2 Å². The first kappa shape index (κ1) is 26.8. The van der Waals surface area contributed by atoms with Gasteiger partial charge in [-0.15, -0.1) is 0 Å². The van der Waals surface area contributed by atoms with Gasteiger partial charge in [-0.05, 0) is 59.2 Å². The molecule has 3 heterocycles. The van der Waals surface area contributed by atoms with Crippen LogP contribution in [-0.4, -0.2) is 20.9 Å². The molecule has 0 aliphatic rings. The number of carboxylic acid groups (broad SMARTS) is 1. The van der Waals surface area contributed by atoms with Gasteiger partial charge in [-0.2, -0.15) is 0 Å². The number of halogens is 4. The van der Waals surface area contributed by atoms with Crippen molar-refractivity contribution in [1.29, 1.82) is 0 Å². The largest absolute Gasteiger partial charge is 3.00 e. The van der Waals surface area contributed by atoms with Crippen LogP contribution in [0.5, 0.6) is 0 Å². The Balaban J connectivity index is 0.00000336. The van der Waals surface area contributed by atoms with Crippen LogP contribution in [0.15, 0.2) is 85.3 Å². The molecule has 5 rings (SSSR count). The summed E-state index contributed by atoms with van der Waals surface area (Å²) in [6, 6.07) is 13.8. The molecule has 0 spiro atoms. The third-order valence-corrected chi connectivity index (χ3v) is 5.66. The fourth-order valence-corrected chi connectivity index (χ4v) is 4.21. The molecule has 0 unspecified atom stereocenters. The Morgan fingerprint density at radius 1 is 0.605 bits per heavy atom. The van der Waals surface area contributed by atoms with Crippen LogP contribution >= 0.6 is 0 Å². The normalized spacial score (nSPS) is 10.6. The average molecular weight is 602 g/mol. The van der Waals surface area contributed by atoms with Crippen molar-refractivity contribution in [2.24, 2.45) is 0 Å². The van der Waals surface area contributed by atoms with Crippen molar-refractivity contribution in [3.63, 3.8) is 0 Å². The molecule has 2 aromatic carbocycles. The fraction of sp³-hybridized carbons (Fsp3) is 0. The van der Waals surface area contributed by atoms with Gasteiger partial charge in [-0.1, -0.05) is 12.1 Å². The minimum Gasteiger partial charge on any atom is -0.543 e. The number of pyridine rings is 3. The molecular formula is C28H14F4N3O2Ru+2.